The normalized spacial score (nSPS) is 26.2. The molecule has 1 aliphatic heterocycles. The Kier molecular flexibility index (Phi) is 3.13. The van der Waals surface area contributed by atoms with Gasteiger partial charge in [0.15, 0.2) is 0 Å². The average molecular weight is 279 g/mol. The molecule has 3 N–H and O–H groups in total. The zero-order valence-electron chi connectivity index (χ0n) is 10.4. The molecule has 8 nitrogen and oxygen atoms in total. The van der Waals surface area contributed by atoms with E-state index in [1.807, 2.05) is 0 Å². The van der Waals surface area contributed by atoms with Crippen LogP contribution in [0.4, 0.5) is 0 Å². The van der Waals surface area contributed by atoms with Gasteiger partial charge in [0, 0.05) is 24.1 Å². The van der Waals surface area contributed by atoms with Crippen LogP contribution in [0.15, 0.2) is 27.9 Å². The smallest absolute Gasteiger partial charge is 0.351 e. The van der Waals surface area contributed by atoms with Gasteiger partial charge in [0.1, 0.15) is 18.0 Å². The fourth-order valence-corrected chi connectivity index (χ4v) is 2.29. The second-order valence-electron chi connectivity index (χ2n) is 4.67. The Morgan fingerprint density at radius 1 is 1.45 bits per heavy atom. The van der Waals surface area contributed by atoms with Crippen molar-refractivity contribution in [2.45, 2.75) is 24.9 Å². The number of aromatic amines is 1. The van der Waals surface area contributed by atoms with Gasteiger partial charge in [-0.05, 0) is 6.07 Å². The molecule has 1 saturated heterocycles. The fraction of sp³-hybridized carbons (Fsp3) is 0.417. The summed E-state index contributed by atoms with van der Waals surface area (Å²) in [5.74, 6) is 0. The summed E-state index contributed by atoms with van der Waals surface area (Å²) in [6.45, 7) is -0.319. The lowest BCUT2D eigenvalue weighted by Gasteiger charge is -2.14. The lowest BCUT2D eigenvalue weighted by Crippen LogP contribution is -2.28. The van der Waals surface area contributed by atoms with Gasteiger partial charge in [0.25, 0.3) is 0 Å². The molecule has 1 unspecified atom stereocenters. The van der Waals surface area contributed by atoms with E-state index in [4.69, 9.17) is 9.84 Å². The molecule has 0 aliphatic carbocycles. The molecular weight excluding hydrogens is 266 g/mol. The van der Waals surface area contributed by atoms with Gasteiger partial charge in [-0.2, -0.15) is 4.98 Å². The highest BCUT2D eigenvalue weighted by molar-refractivity contribution is 5.72. The van der Waals surface area contributed by atoms with Gasteiger partial charge < -0.3 is 19.9 Å². The summed E-state index contributed by atoms with van der Waals surface area (Å²) < 4.78 is 6.66. The maximum absolute atomic E-state index is 11.9. The van der Waals surface area contributed by atoms with Crippen molar-refractivity contribution in [1.82, 2.24) is 14.5 Å². The van der Waals surface area contributed by atoms with Crippen molar-refractivity contribution in [2.75, 3.05) is 6.61 Å². The molecule has 1 fully saturated rings. The Morgan fingerprint density at radius 3 is 2.95 bits per heavy atom. The molecule has 3 atom stereocenters. The van der Waals surface area contributed by atoms with Crippen molar-refractivity contribution in [3.63, 3.8) is 0 Å². The van der Waals surface area contributed by atoms with Crippen molar-refractivity contribution in [3.05, 3.63) is 39.2 Å². The van der Waals surface area contributed by atoms with Gasteiger partial charge in [0.2, 0.25) is 5.56 Å². The summed E-state index contributed by atoms with van der Waals surface area (Å²) in [5.41, 5.74) is -0.721. The third-order valence-corrected chi connectivity index (χ3v) is 3.33. The molecule has 3 heterocycles. The van der Waals surface area contributed by atoms with E-state index in [-0.39, 0.29) is 24.2 Å². The highest BCUT2D eigenvalue weighted by atomic mass is 16.5. The number of aromatic nitrogens is 3. The Balaban J connectivity index is 2.04. The number of ether oxygens (including phenoxy) is 1. The SMILES string of the molecule is O=c1ccc2cn([C@H]3CC(O)[C@@H](CO)O3)c(=O)nc2[nH]1. The lowest BCUT2D eigenvalue weighted by atomic mass is 10.2. The van der Waals surface area contributed by atoms with Crippen LogP contribution < -0.4 is 11.2 Å². The van der Waals surface area contributed by atoms with E-state index < -0.39 is 24.1 Å². The monoisotopic (exact) mass is 279 g/mol. The largest absolute Gasteiger partial charge is 0.394 e. The van der Waals surface area contributed by atoms with Crippen LogP contribution in [0.2, 0.25) is 0 Å². The zero-order chi connectivity index (χ0) is 14.3. The molecule has 20 heavy (non-hydrogen) atoms. The number of aliphatic hydroxyl groups is 2. The first-order valence-corrected chi connectivity index (χ1v) is 6.15. The van der Waals surface area contributed by atoms with E-state index in [1.54, 1.807) is 6.07 Å². The molecule has 106 valence electrons. The van der Waals surface area contributed by atoms with E-state index in [2.05, 4.69) is 9.97 Å². The van der Waals surface area contributed by atoms with Crippen molar-refractivity contribution < 1.29 is 14.9 Å². The van der Waals surface area contributed by atoms with Crippen LogP contribution in [-0.2, 0) is 4.74 Å². The molecule has 8 heteroatoms. The van der Waals surface area contributed by atoms with E-state index in [0.717, 1.165) is 0 Å². The minimum atomic E-state index is -0.830. The standard InChI is InChI=1S/C12H13N3O5/c16-5-8-7(17)3-10(20-8)15-4-6-1-2-9(18)13-11(6)14-12(15)19/h1-2,4,7-8,10,16-17H,3,5H2,(H,13,14,18,19)/t7?,8-,10-/m1/s1. The molecule has 1 aliphatic rings. The molecule has 0 bridgehead atoms. The number of hydrogen-bond acceptors (Lipinski definition) is 6. The average Bonchev–Trinajstić information content (AvgIpc) is 2.79. The quantitative estimate of drug-likeness (QED) is 0.630. The van der Waals surface area contributed by atoms with Gasteiger partial charge in [-0.3, -0.25) is 9.36 Å². The molecule has 2 aromatic rings. The van der Waals surface area contributed by atoms with Gasteiger partial charge in [-0.15, -0.1) is 0 Å². The number of aliphatic hydroxyl groups excluding tert-OH is 2. The summed E-state index contributed by atoms with van der Waals surface area (Å²) >= 11 is 0. The van der Waals surface area contributed by atoms with Crippen LogP contribution in [0.25, 0.3) is 11.0 Å². The minimum absolute atomic E-state index is 0.196. The van der Waals surface area contributed by atoms with Crippen molar-refractivity contribution >= 4 is 11.0 Å². The van der Waals surface area contributed by atoms with Crippen LogP contribution >= 0.6 is 0 Å². The molecular formula is C12H13N3O5. The van der Waals surface area contributed by atoms with Crippen LogP contribution in [0.5, 0.6) is 0 Å². The first-order valence-electron chi connectivity index (χ1n) is 6.15. The van der Waals surface area contributed by atoms with Crippen LogP contribution in [0.1, 0.15) is 12.6 Å². The first kappa shape index (κ1) is 13.0. The number of pyridine rings is 1. The lowest BCUT2D eigenvalue weighted by molar-refractivity contribution is -0.0457. The van der Waals surface area contributed by atoms with Crippen LogP contribution in [-0.4, -0.2) is 43.6 Å². The van der Waals surface area contributed by atoms with Gasteiger partial charge in [-0.1, -0.05) is 0 Å². The first-order chi connectivity index (χ1) is 9.58. The van der Waals surface area contributed by atoms with Gasteiger partial charge in [-0.25, -0.2) is 4.79 Å². The van der Waals surface area contributed by atoms with E-state index >= 15 is 0 Å². The molecule has 0 amide bonds. The number of rotatable bonds is 2. The van der Waals surface area contributed by atoms with Crippen LogP contribution in [0, 0.1) is 0 Å². The zero-order valence-corrected chi connectivity index (χ0v) is 10.4. The highest BCUT2D eigenvalue weighted by Gasteiger charge is 2.35. The third-order valence-electron chi connectivity index (χ3n) is 3.33. The summed E-state index contributed by atoms with van der Waals surface area (Å²) in [7, 11) is 0. The highest BCUT2D eigenvalue weighted by Crippen LogP contribution is 2.27. The third kappa shape index (κ3) is 2.13. The Labute approximate surface area is 112 Å². The molecule has 2 aromatic heterocycles. The minimum Gasteiger partial charge on any atom is -0.394 e. The van der Waals surface area contributed by atoms with E-state index in [1.165, 1.54) is 16.8 Å². The predicted molar refractivity (Wildman–Crippen MR) is 68.2 cm³/mol. The Hall–Kier alpha value is -2.03. The Bertz CT molecular complexity index is 753. The number of nitrogens with one attached hydrogen (secondary N) is 1. The topological polar surface area (TPSA) is 117 Å². The molecule has 0 spiro atoms. The van der Waals surface area contributed by atoms with Crippen molar-refractivity contribution in [3.8, 4) is 0 Å². The number of fused-ring (bicyclic) bond motifs is 1. The number of nitrogens with zero attached hydrogens (tertiary/aromatic N) is 2. The molecule has 0 radical (unpaired) electrons. The molecule has 0 saturated carbocycles. The summed E-state index contributed by atoms with van der Waals surface area (Å²) in [5, 5.41) is 19.3. The fourth-order valence-electron chi connectivity index (χ4n) is 2.29. The van der Waals surface area contributed by atoms with E-state index in [0.29, 0.717) is 5.39 Å². The second kappa shape index (κ2) is 4.82. The Morgan fingerprint density at radius 2 is 2.25 bits per heavy atom. The maximum Gasteiger partial charge on any atom is 0.351 e. The second-order valence-corrected chi connectivity index (χ2v) is 4.67. The number of H-pyrrole nitrogens is 1. The summed E-state index contributed by atoms with van der Waals surface area (Å²) in [4.78, 5) is 29.4. The summed E-state index contributed by atoms with van der Waals surface area (Å²) in [6.07, 6.45) is -0.515. The van der Waals surface area contributed by atoms with Crippen LogP contribution in [0.3, 0.4) is 0 Å². The summed E-state index contributed by atoms with van der Waals surface area (Å²) in [6, 6.07) is 2.88. The van der Waals surface area contributed by atoms with Gasteiger partial charge in [0.05, 0.1) is 12.7 Å². The van der Waals surface area contributed by atoms with Gasteiger partial charge >= 0.3 is 5.69 Å². The van der Waals surface area contributed by atoms with E-state index in [9.17, 15) is 14.7 Å². The van der Waals surface area contributed by atoms with Crippen molar-refractivity contribution in [2.24, 2.45) is 0 Å². The number of hydrogen-bond donors (Lipinski definition) is 3. The van der Waals surface area contributed by atoms with Crippen molar-refractivity contribution in [1.29, 1.82) is 0 Å². The maximum atomic E-state index is 11.9. The predicted octanol–water partition coefficient (Wildman–Crippen LogP) is -1.27. The molecule has 0 aromatic carbocycles. The molecule has 3 rings (SSSR count).